The summed E-state index contributed by atoms with van der Waals surface area (Å²) in [6, 6.07) is -0.515. The molecule has 3 heteroatoms. The Hall–Kier alpha value is -0.570. The van der Waals surface area contributed by atoms with E-state index in [0.29, 0.717) is 5.92 Å². The zero-order valence-corrected chi connectivity index (χ0v) is 9.75. The van der Waals surface area contributed by atoms with E-state index >= 15 is 0 Å². The molecule has 0 aromatic heterocycles. The molecule has 0 rings (SSSR count). The van der Waals surface area contributed by atoms with Crippen LogP contribution < -0.4 is 5.73 Å². The van der Waals surface area contributed by atoms with E-state index in [4.69, 9.17) is 10.5 Å². The highest BCUT2D eigenvalue weighted by Gasteiger charge is 2.16. The van der Waals surface area contributed by atoms with Gasteiger partial charge in [-0.15, -0.1) is 0 Å². The van der Waals surface area contributed by atoms with Crippen LogP contribution in [0.15, 0.2) is 0 Å². The average Bonchev–Trinajstić information content (AvgIpc) is 2.13. The molecular formula is C11H23NO2. The molecule has 0 unspecified atom stereocenters. The van der Waals surface area contributed by atoms with E-state index in [2.05, 4.69) is 13.8 Å². The van der Waals surface area contributed by atoms with E-state index in [9.17, 15) is 4.79 Å². The molecular weight excluding hydrogens is 178 g/mol. The number of carbonyl (C=O) groups excluding carboxylic acids is 1. The summed E-state index contributed by atoms with van der Waals surface area (Å²) in [6.07, 6.45) is 3.19. The molecule has 0 aromatic rings. The van der Waals surface area contributed by atoms with Gasteiger partial charge in [-0.2, -0.15) is 0 Å². The molecule has 0 radical (unpaired) electrons. The van der Waals surface area contributed by atoms with Gasteiger partial charge >= 0.3 is 5.97 Å². The summed E-state index contributed by atoms with van der Waals surface area (Å²) in [5, 5.41) is 0. The van der Waals surface area contributed by atoms with Crippen LogP contribution in [0, 0.1) is 5.92 Å². The second-order valence-corrected chi connectivity index (χ2v) is 3.95. The Bertz CT molecular complexity index is 165. The zero-order chi connectivity index (χ0) is 11.1. The van der Waals surface area contributed by atoms with Gasteiger partial charge in [-0.25, -0.2) is 0 Å². The molecule has 0 spiro atoms. The zero-order valence-electron chi connectivity index (χ0n) is 9.75. The fraction of sp³-hybridized carbons (Fsp3) is 0.909. The van der Waals surface area contributed by atoms with Crippen LogP contribution in [0.4, 0.5) is 0 Å². The van der Waals surface area contributed by atoms with Gasteiger partial charge in [0.2, 0.25) is 0 Å². The first-order chi connectivity index (χ1) is 6.51. The first-order valence-corrected chi connectivity index (χ1v) is 5.47. The van der Waals surface area contributed by atoms with Crippen LogP contribution in [0.2, 0.25) is 0 Å². The van der Waals surface area contributed by atoms with Gasteiger partial charge in [-0.1, -0.05) is 26.7 Å². The molecule has 0 saturated carbocycles. The van der Waals surface area contributed by atoms with Gasteiger partial charge in [0.25, 0.3) is 0 Å². The van der Waals surface area contributed by atoms with E-state index in [1.807, 2.05) is 6.92 Å². The molecule has 84 valence electrons. The third kappa shape index (κ3) is 5.22. The van der Waals surface area contributed by atoms with Crippen LogP contribution in [0.5, 0.6) is 0 Å². The van der Waals surface area contributed by atoms with E-state index in [1.165, 1.54) is 0 Å². The van der Waals surface area contributed by atoms with Gasteiger partial charge in [-0.3, -0.25) is 4.79 Å². The Balaban J connectivity index is 3.84. The lowest BCUT2D eigenvalue weighted by Crippen LogP contribution is -2.32. The fourth-order valence-electron chi connectivity index (χ4n) is 1.45. The van der Waals surface area contributed by atoms with E-state index < -0.39 is 6.04 Å². The fourth-order valence-corrected chi connectivity index (χ4v) is 1.45. The molecule has 0 heterocycles. The van der Waals surface area contributed by atoms with Crippen molar-refractivity contribution in [3.05, 3.63) is 0 Å². The lowest BCUT2D eigenvalue weighted by atomic mass is 9.97. The van der Waals surface area contributed by atoms with Crippen molar-refractivity contribution in [2.45, 2.75) is 59.1 Å². The van der Waals surface area contributed by atoms with Crippen LogP contribution in [-0.4, -0.2) is 18.1 Å². The molecule has 2 N–H and O–H groups in total. The third-order valence-corrected chi connectivity index (χ3v) is 2.51. The van der Waals surface area contributed by atoms with Gasteiger partial charge in [-0.05, 0) is 26.2 Å². The maximum absolute atomic E-state index is 11.2. The lowest BCUT2D eigenvalue weighted by Gasteiger charge is -2.19. The predicted molar refractivity (Wildman–Crippen MR) is 57.9 cm³/mol. The van der Waals surface area contributed by atoms with E-state index in [1.54, 1.807) is 6.92 Å². The minimum atomic E-state index is -0.515. The molecule has 0 saturated heterocycles. The van der Waals surface area contributed by atoms with Gasteiger partial charge in [0.15, 0.2) is 0 Å². The highest BCUT2D eigenvalue weighted by atomic mass is 16.5. The Morgan fingerprint density at radius 3 is 2.14 bits per heavy atom. The standard InChI is InChI=1S/C11H23NO2/c1-5-10(6-2)7-8(3)14-11(13)9(4)12/h8-10H,5-7,12H2,1-4H3/t8-,9-/m0/s1. The van der Waals surface area contributed by atoms with Crippen molar-refractivity contribution >= 4 is 5.97 Å². The summed E-state index contributed by atoms with van der Waals surface area (Å²) in [5.41, 5.74) is 5.41. The van der Waals surface area contributed by atoms with Crippen molar-refractivity contribution < 1.29 is 9.53 Å². The first kappa shape index (κ1) is 13.4. The molecule has 0 aliphatic heterocycles. The summed E-state index contributed by atoms with van der Waals surface area (Å²) in [4.78, 5) is 11.2. The van der Waals surface area contributed by atoms with E-state index in [-0.39, 0.29) is 12.1 Å². The first-order valence-electron chi connectivity index (χ1n) is 5.47. The maximum atomic E-state index is 11.2. The molecule has 14 heavy (non-hydrogen) atoms. The van der Waals surface area contributed by atoms with Crippen LogP contribution in [-0.2, 0) is 9.53 Å². The van der Waals surface area contributed by atoms with Crippen molar-refractivity contribution in [2.75, 3.05) is 0 Å². The summed E-state index contributed by atoms with van der Waals surface area (Å²) in [6.45, 7) is 7.90. The highest BCUT2D eigenvalue weighted by molar-refractivity contribution is 5.75. The molecule has 0 bridgehead atoms. The Morgan fingerprint density at radius 2 is 1.79 bits per heavy atom. The second-order valence-electron chi connectivity index (χ2n) is 3.95. The number of hydrogen-bond donors (Lipinski definition) is 1. The van der Waals surface area contributed by atoms with Crippen molar-refractivity contribution in [3.8, 4) is 0 Å². The van der Waals surface area contributed by atoms with Gasteiger partial charge in [0.05, 0.1) is 6.10 Å². The Labute approximate surface area is 87.0 Å². The molecule has 0 amide bonds. The Morgan fingerprint density at radius 1 is 1.29 bits per heavy atom. The quantitative estimate of drug-likeness (QED) is 0.669. The van der Waals surface area contributed by atoms with Crippen LogP contribution in [0.3, 0.4) is 0 Å². The summed E-state index contributed by atoms with van der Waals surface area (Å²) in [5.74, 6) is 0.342. The molecule has 0 fully saturated rings. The number of ether oxygens (including phenoxy) is 1. The molecule has 0 aromatic carbocycles. The highest BCUT2D eigenvalue weighted by Crippen LogP contribution is 2.16. The maximum Gasteiger partial charge on any atom is 0.322 e. The minimum absolute atomic E-state index is 0.0154. The van der Waals surface area contributed by atoms with Gasteiger partial charge in [0, 0.05) is 0 Å². The van der Waals surface area contributed by atoms with Crippen molar-refractivity contribution in [1.29, 1.82) is 0 Å². The molecule has 3 nitrogen and oxygen atoms in total. The second kappa shape index (κ2) is 6.82. The third-order valence-electron chi connectivity index (χ3n) is 2.51. The molecule has 2 atom stereocenters. The van der Waals surface area contributed by atoms with Gasteiger partial charge < -0.3 is 10.5 Å². The number of esters is 1. The van der Waals surface area contributed by atoms with Crippen LogP contribution in [0.25, 0.3) is 0 Å². The lowest BCUT2D eigenvalue weighted by molar-refractivity contribution is -0.150. The normalized spacial score (nSPS) is 15.3. The number of hydrogen-bond acceptors (Lipinski definition) is 3. The topological polar surface area (TPSA) is 52.3 Å². The average molecular weight is 201 g/mol. The van der Waals surface area contributed by atoms with E-state index in [0.717, 1.165) is 19.3 Å². The monoisotopic (exact) mass is 201 g/mol. The van der Waals surface area contributed by atoms with Crippen molar-refractivity contribution in [3.63, 3.8) is 0 Å². The largest absolute Gasteiger partial charge is 0.462 e. The summed E-state index contributed by atoms with van der Waals surface area (Å²) < 4.78 is 5.18. The smallest absolute Gasteiger partial charge is 0.322 e. The Kier molecular flexibility index (Phi) is 6.54. The minimum Gasteiger partial charge on any atom is -0.462 e. The summed E-state index contributed by atoms with van der Waals surface area (Å²) >= 11 is 0. The molecule has 0 aliphatic carbocycles. The van der Waals surface area contributed by atoms with Crippen molar-refractivity contribution in [1.82, 2.24) is 0 Å². The predicted octanol–water partition coefficient (Wildman–Crippen LogP) is 2.09. The number of carbonyl (C=O) groups is 1. The molecule has 0 aliphatic rings. The van der Waals surface area contributed by atoms with Crippen LogP contribution in [0.1, 0.15) is 47.0 Å². The van der Waals surface area contributed by atoms with Crippen molar-refractivity contribution in [2.24, 2.45) is 11.7 Å². The number of rotatable bonds is 6. The summed E-state index contributed by atoms with van der Waals surface area (Å²) in [7, 11) is 0. The van der Waals surface area contributed by atoms with Crippen LogP contribution >= 0.6 is 0 Å². The van der Waals surface area contributed by atoms with Gasteiger partial charge in [0.1, 0.15) is 6.04 Å². The SMILES string of the molecule is CCC(CC)C[C@H](C)OC(=O)[C@H](C)N. The number of nitrogens with two attached hydrogens (primary N) is 1.